The molecule has 0 saturated heterocycles. The van der Waals surface area contributed by atoms with E-state index in [1.807, 2.05) is 0 Å². The number of amides is 1. The van der Waals surface area contributed by atoms with Crippen molar-refractivity contribution in [3.05, 3.63) is 80.5 Å². The normalized spacial score (nSPS) is 10.7. The van der Waals surface area contributed by atoms with E-state index in [-0.39, 0.29) is 41.2 Å². The lowest BCUT2D eigenvalue weighted by atomic mass is 10.1. The SMILES string of the molecule is COC(=O)c1cc(F)c(OCCc2cc([N+](=O)[O-])c(C(=O)OC)cc2F)cc1NC(=O)c1ccc2nnnn2n1. The molecule has 0 saturated carbocycles. The molecule has 0 aliphatic heterocycles. The average Bonchev–Trinajstić information content (AvgIpc) is 3.42. The van der Waals surface area contributed by atoms with Crippen LogP contribution >= 0.6 is 0 Å². The third-order valence-corrected chi connectivity index (χ3v) is 5.42. The maximum atomic E-state index is 14.8. The van der Waals surface area contributed by atoms with Crippen molar-refractivity contribution in [1.29, 1.82) is 0 Å². The predicted molar refractivity (Wildman–Crippen MR) is 128 cm³/mol. The molecule has 206 valence electrons. The van der Waals surface area contributed by atoms with Crippen LogP contribution in [0.5, 0.6) is 5.75 Å². The highest BCUT2D eigenvalue weighted by atomic mass is 19.1. The van der Waals surface area contributed by atoms with E-state index >= 15 is 0 Å². The van der Waals surface area contributed by atoms with Crippen LogP contribution in [0.2, 0.25) is 0 Å². The van der Waals surface area contributed by atoms with Gasteiger partial charge in [-0.15, -0.1) is 14.8 Å². The number of nitrogens with zero attached hydrogens (tertiary/aromatic N) is 6. The molecular weight excluding hydrogens is 540 g/mol. The first-order chi connectivity index (χ1) is 19.1. The number of anilines is 1. The summed E-state index contributed by atoms with van der Waals surface area (Å²) in [5, 5.41) is 28.4. The molecule has 0 unspecified atom stereocenters. The standard InChI is InChI=1S/C23H17F2N7O8/c1-38-22(34)12-8-15(25)19(10-17(12)26-21(33)16-3-4-20-27-29-30-31(20)28-16)40-6-5-11-7-18(32(36)37)13(9-14(11)24)23(35)39-2/h3-4,7-10H,5-6H2,1-2H3,(H,26,33). The van der Waals surface area contributed by atoms with E-state index < -0.39 is 51.4 Å². The number of hydrogen-bond donors (Lipinski definition) is 1. The van der Waals surface area contributed by atoms with Crippen LogP contribution in [0.4, 0.5) is 20.2 Å². The summed E-state index contributed by atoms with van der Waals surface area (Å²) < 4.78 is 44.8. The van der Waals surface area contributed by atoms with E-state index in [4.69, 9.17) is 4.74 Å². The molecule has 1 amide bonds. The molecule has 2 aromatic carbocycles. The van der Waals surface area contributed by atoms with E-state index in [9.17, 15) is 33.3 Å². The molecule has 0 radical (unpaired) electrons. The molecule has 1 N–H and O–H groups in total. The minimum atomic E-state index is -1.09. The molecule has 17 heteroatoms. The summed E-state index contributed by atoms with van der Waals surface area (Å²) >= 11 is 0. The number of esters is 2. The van der Waals surface area contributed by atoms with Gasteiger partial charge >= 0.3 is 11.9 Å². The molecule has 0 bridgehead atoms. The van der Waals surface area contributed by atoms with Gasteiger partial charge in [0.2, 0.25) is 0 Å². The van der Waals surface area contributed by atoms with Crippen molar-refractivity contribution in [2.24, 2.45) is 0 Å². The molecule has 15 nitrogen and oxygen atoms in total. The smallest absolute Gasteiger partial charge is 0.344 e. The Balaban J connectivity index is 1.57. The second-order valence-corrected chi connectivity index (χ2v) is 7.83. The summed E-state index contributed by atoms with van der Waals surface area (Å²) in [5.74, 6) is -5.27. The number of aromatic nitrogens is 5. The number of benzene rings is 2. The first kappa shape index (κ1) is 27.4. The number of halogens is 2. The predicted octanol–water partition coefficient (Wildman–Crippen LogP) is 2.15. The third kappa shape index (κ3) is 5.62. The van der Waals surface area contributed by atoms with Gasteiger partial charge in [-0.05, 0) is 40.3 Å². The van der Waals surface area contributed by atoms with E-state index in [1.165, 1.54) is 12.1 Å². The zero-order valence-electron chi connectivity index (χ0n) is 20.6. The fraction of sp³-hybridized carbons (Fsp3) is 0.174. The number of methoxy groups -OCH3 is 2. The fourth-order valence-electron chi connectivity index (χ4n) is 3.50. The van der Waals surface area contributed by atoms with Gasteiger partial charge in [-0.1, -0.05) is 0 Å². The first-order valence-corrected chi connectivity index (χ1v) is 11.1. The Morgan fingerprint density at radius 2 is 1.73 bits per heavy atom. The second kappa shape index (κ2) is 11.4. The topological polar surface area (TPSA) is 190 Å². The van der Waals surface area contributed by atoms with Gasteiger partial charge in [-0.25, -0.2) is 18.4 Å². The summed E-state index contributed by atoms with van der Waals surface area (Å²) in [6.45, 7) is -0.384. The lowest BCUT2D eigenvalue weighted by Gasteiger charge is -2.14. The van der Waals surface area contributed by atoms with Gasteiger partial charge in [0.05, 0.1) is 37.0 Å². The number of carbonyl (C=O) groups is 3. The number of nitro benzene ring substituents is 1. The highest BCUT2D eigenvalue weighted by Gasteiger charge is 2.25. The Labute approximate surface area is 221 Å². The van der Waals surface area contributed by atoms with Crippen molar-refractivity contribution < 1.29 is 42.3 Å². The number of fused-ring (bicyclic) bond motifs is 1. The van der Waals surface area contributed by atoms with Crippen LogP contribution in [0.1, 0.15) is 36.8 Å². The monoisotopic (exact) mass is 557 g/mol. The van der Waals surface area contributed by atoms with Crippen LogP contribution in [0, 0.1) is 21.7 Å². The van der Waals surface area contributed by atoms with Crippen molar-refractivity contribution >= 4 is 34.9 Å². The Kier molecular flexibility index (Phi) is 7.83. The first-order valence-electron chi connectivity index (χ1n) is 11.1. The quantitative estimate of drug-likeness (QED) is 0.179. The zero-order valence-corrected chi connectivity index (χ0v) is 20.6. The summed E-state index contributed by atoms with van der Waals surface area (Å²) in [5.41, 5.74) is -1.87. The Morgan fingerprint density at radius 1 is 1.02 bits per heavy atom. The number of carbonyl (C=O) groups excluding carboxylic acids is 3. The van der Waals surface area contributed by atoms with Crippen LogP contribution in [0.3, 0.4) is 0 Å². The van der Waals surface area contributed by atoms with Gasteiger partial charge in [-0.2, -0.15) is 0 Å². The van der Waals surface area contributed by atoms with Gasteiger partial charge in [0.1, 0.15) is 11.4 Å². The molecule has 2 heterocycles. The third-order valence-electron chi connectivity index (χ3n) is 5.42. The molecule has 0 aliphatic rings. The molecule has 0 atom stereocenters. The Morgan fingerprint density at radius 3 is 2.42 bits per heavy atom. The molecule has 4 aromatic rings. The summed E-state index contributed by atoms with van der Waals surface area (Å²) in [4.78, 5) is 47.2. The number of nitro groups is 1. The maximum Gasteiger partial charge on any atom is 0.344 e. The Hall–Kier alpha value is -5.61. The van der Waals surface area contributed by atoms with Crippen LogP contribution < -0.4 is 10.1 Å². The minimum Gasteiger partial charge on any atom is -0.490 e. The van der Waals surface area contributed by atoms with Gasteiger partial charge in [0, 0.05) is 18.6 Å². The number of tetrazole rings is 1. The van der Waals surface area contributed by atoms with Gasteiger partial charge < -0.3 is 19.5 Å². The molecule has 0 fully saturated rings. The van der Waals surface area contributed by atoms with Crippen LogP contribution in [-0.2, 0) is 15.9 Å². The highest BCUT2D eigenvalue weighted by Crippen LogP contribution is 2.29. The lowest BCUT2D eigenvalue weighted by molar-refractivity contribution is -0.385. The van der Waals surface area contributed by atoms with Gasteiger partial charge in [-0.3, -0.25) is 14.9 Å². The second-order valence-electron chi connectivity index (χ2n) is 7.83. The van der Waals surface area contributed by atoms with Gasteiger partial charge in [0.25, 0.3) is 11.6 Å². The number of ether oxygens (including phenoxy) is 3. The van der Waals surface area contributed by atoms with Crippen molar-refractivity contribution in [2.45, 2.75) is 6.42 Å². The molecule has 40 heavy (non-hydrogen) atoms. The van der Waals surface area contributed by atoms with E-state index in [0.29, 0.717) is 6.07 Å². The molecule has 0 aliphatic carbocycles. The van der Waals surface area contributed by atoms with E-state index in [0.717, 1.165) is 37.0 Å². The largest absolute Gasteiger partial charge is 0.490 e. The average molecular weight is 557 g/mol. The number of nitrogens with one attached hydrogen (secondary N) is 1. The zero-order chi connectivity index (χ0) is 29.0. The maximum absolute atomic E-state index is 14.8. The number of hydrogen-bond acceptors (Lipinski definition) is 12. The Bertz CT molecular complexity index is 1660. The van der Waals surface area contributed by atoms with Gasteiger partial charge in [0.15, 0.2) is 22.9 Å². The fourth-order valence-corrected chi connectivity index (χ4v) is 3.50. The summed E-state index contributed by atoms with van der Waals surface area (Å²) in [6, 6.07) is 6.03. The summed E-state index contributed by atoms with van der Waals surface area (Å²) in [7, 11) is 2.05. The van der Waals surface area contributed by atoms with Crippen molar-refractivity contribution in [1.82, 2.24) is 25.3 Å². The van der Waals surface area contributed by atoms with Crippen molar-refractivity contribution in [3.63, 3.8) is 0 Å². The van der Waals surface area contributed by atoms with E-state index in [2.05, 4.69) is 35.4 Å². The van der Waals surface area contributed by atoms with Crippen LogP contribution in [0.25, 0.3) is 5.65 Å². The number of rotatable bonds is 9. The van der Waals surface area contributed by atoms with E-state index in [1.54, 1.807) is 0 Å². The summed E-state index contributed by atoms with van der Waals surface area (Å²) in [6.07, 6.45) is -0.274. The molecular formula is C23H17F2N7O8. The molecule has 2 aromatic heterocycles. The van der Waals surface area contributed by atoms with Crippen LogP contribution in [0.15, 0.2) is 36.4 Å². The van der Waals surface area contributed by atoms with Crippen LogP contribution in [-0.4, -0.2) is 68.8 Å². The highest BCUT2D eigenvalue weighted by molar-refractivity contribution is 6.07. The molecule has 0 spiro atoms. The minimum absolute atomic E-state index is 0.144. The van der Waals surface area contributed by atoms with Crippen molar-refractivity contribution in [2.75, 3.05) is 26.1 Å². The molecule has 4 rings (SSSR count). The lowest BCUT2D eigenvalue weighted by Crippen LogP contribution is -2.18. The van der Waals surface area contributed by atoms with Crippen molar-refractivity contribution in [3.8, 4) is 5.75 Å².